The van der Waals surface area contributed by atoms with Crippen LogP contribution < -0.4 is 4.74 Å². The summed E-state index contributed by atoms with van der Waals surface area (Å²) in [6, 6.07) is 5.44. The number of hydrogen-bond donors (Lipinski definition) is 1. The van der Waals surface area contributed by atoms with E-state index in [0.29, 0.717) is 5.02 Å². The van der Waals surface area contributed by atoms with Gasteiger partial charge in [-0.3, -0.25) is 0 Å². The Balaban J connectivity index is 2.32. The van der Waals surface area contributed by atoms with Crippen LogP contribution in [-0.2, 0) is 0 Å². The van der Waals surface area contributed by atoms with E-state index in [1.165, 1.54) is 19.3 Å². The van der Waals surface area contributed by atoms with E-state index in [0.717, 1.165) is 24.2 Å². The Morgan fingerprint density at radius 2 is 1.94 bits per heavy atom. The molecule has 0 bridgehead atoms. The predicted molar refractivity (Wildman–Crippen MR) is 74.2 cm³/mol. The number of ether oxygens (including phenoxy) is 1. The van der Waals surface area contributed by atoms with Gasteiger partial charge in [-0.15, -0.1) is 0 Å². The van der Waals surface area contributed by atoms with Gasteiger partial charge >= 0.3 is 0 Å². The molecule has 2 rings (SSSR count). The molecule has 1 unspecified atom stereocenters. The quantitative estimate of drug-likeness (QED) is 0.883. The second-order valence-electron chi connectivity index (χ2n) is 5.50. The van der Waals surface area contributed by atoms with Gasteiger partial charge in [0.2, 0.25) is 0 Å². The first-order chi connectivity index (χ1) is 8.57. The number of hydrogen-bond acceptors (Lipinski definition) is 2. The van der Waals surface area contributed by atoms with Gasteiger partial charge in [0, 0.05) is 10.6 Å². The molecule has 3 heteroatoms. The molecule has 0 aliphatic heterocycles. The molecule has 0 aromatic heterocycles. The summed E-state index contributed by atoms with van der Waals surface area (Å²) in [7, 11) is 1.63. The zero-order valence-corrected chi connectivity index (χ0v) is 11.8. The third-order valence-electron chi connectivity index (χ3n) is 4.14. The van der Waals surface area contributed by atoms with Gasteiger partial charge in [-0.25, -0.2) is 0 Å². The summed E-state index contributed by atoms with van der Waals surface area (Å²) in [5, 5.41) is 11.3. The molecule has 1 aliphatic carbocycles. The van der Waals surface area contributed by atoms with Crippen molar-refractivity contribution < 1.29 is 9.84 Å². The number of aliphatic hydroxyl groups excluding tert-OH is 1. The molecule has 0 spiro atoms. The Morgan fingerprint density at radius 3 is 2.56 bits per heavy atom. The molecule has 1 fully saturated rings. The number of rotatable bonds is 3. The van der Waals surface area contributed by atoms with Crippen molar-refractivity contribution in [3.05, 3.63) is 28.8 Å². The molecule has 0 radical (unpaired) electrons. The summed E-state index contributed by atoms with van der Waals surface area (Å²) < 4.78 is 5.34. The maximum Gasteiger partial charge on any atom is 0.124 e. The Labute approximate surface area is 114 Å². The maximum atomic E-state index is 10.7. The molecule has 18 heavy (non-hydrogen) atoms. The zero-order chi connectivity index (χ0) is 13.2. The van der Waals surface area contributed by atoms with Gasteiger partial charge in [-0.1, -0.05) is 37.8 Å². The molecule has 1 saturated carbocycles. The Hall–Kier alpha value is -0.730. The van der Waals surface area contributed by atoms with Gasteiger partial charge in [0.05, 0.1) is 13.2 Å². The largest absolute Gasteiger partial charge is 0.496 e. The van der Waals surface area contributed by atoms with Crippen molar-refractivity contribution in [3.8, 4) is 5.75 Å². The second kappa shape index (κ2) is 5.50. The molecule has 0 amide bonds. The summed E-state index contributed by atoms with van der Waals surface area (Å²) in [6.07, 6.45) is 5.27. The van der Waals surface area contributed by atoms with E-state index in [4.69, 9.17) is 16.3 Å². The minimum Gasteiger partial charge on any atom is -0.496 e. The fourth-order valence-corrected chi connectivity index (χ4v) is 3.11. The molecule has 0 heterocycles. The fourth-order valence-electron chi connectivity index (χ4n) is 2.93. The minimum absolute atomic E-state index is 0.0593. The van der Waals surface area contributed by atoms with Crippen LogP contribution in [0, 0.1) is 5.41 Å². The molecule has 1 N–H and O–H groups in total. The smallest absolute Gasteiger partial charge is 0.124 e. The highest BCUT2D eigenvalue weighted by molar-refractivity contribution is 6.30. The highest BCUT2D eigenvalue weighted by atomic mass is 35.5. The van der Waals surface area contributed by atoms with E-state index < -0.39 is 6.10 Å². The average molecular weight is 269 g/mol. The van der Waals surface area contributed by atoms with Crippen LogP contribution in [0.15, 0.2) is 18.2 Å². The third-order valence-corrected chi connectivity index (χ3v) is 4.38. The molecule has 0 saturated heterocycles. The lowest BCUT2D eigenvalue weighted by Crippen LogP contribution is -2.28. The molecular weight excluding hydrogens is 248 g/mol. The van der Waals surface area contributed by atoms with Gasteiger partial charge in [0.15, 0.2) is 0 Å². The molecular formula is C15H21ClO2. The molecule has 1 aromatic rings. The maximum absolute atomic E-state index is 10.7. The van der Waals surface area contributed by atoms with Crippen LogP contribution in [-0.4, -0.2) is 12.2 Å². The zero-order valence-electron chi connectivity index (χ0n) is 11.1. The van der Waals surface area contributed by atoms with Crippen LogP contribution in [0.2, 0.25) is 5.02 Å². The molecule has 100 valence electrons. The normalized spacial score (nSPS) is 20.4. The Morgan fingerprint density at radius 1 is 1.28 bits per heavy atom. The number of methoxy groups -OCH3 is 1. The van der Waals surface area contributed by atoms with Crippen molar-refractivity contribution in [1.82, 2.24) is 0 Å². The van der Waals surface area contributed by atoms with Crippen molar-refractivity contribution in [3.63, 3.8) is 0 Å². The van der Waals surface area contributed by atoms with Gasteiger partial charge in [0.1, 0.15) is 5.75 Å². The Bertz CT molecular complexity index is 411. The van der Waals surface area contributed by atoms with Crippen LogP contribution in [0.25, 0.3) is 0 Å². The van der Waals surface area contributed by atoms with Gasteiger partial charge in [-0.2, -0.15) is 0 Å². The monoisotopic (exact) mass is 268 g/mol. The van der Waals surface area contributed by atoms with Crippen molar-refractivity contribution in [1.29, 1.82) is 0 Å². The number of benzene rings is 1. The van der Waals surface area contributed by atoms with Crippen LogP contribution in [0.5, 0.6) is 5.75 Å². The van der Waals surface area contributed by atoms with E-state index in [1.54, 1.807) is 13.2 Å². The summed E-state index contributed by atoms with van der Waals surface area (Å²) in [5.74, 6) is 0.721. The highest BCUT2D eigenvalue weighted by Crippen LogP contribution is 2.47. The van der Waals surface area contributed by atoms with Gasteiger partial charge < -0.3 is 9.84 Å². The van der Waals surface area contributed by atoms with E-state index >= 15 is 0 Å². The van der Waals surface area contributed by atoms with E-state index in [-0.39, 0.29) is 5.41 Å². The minimum atomic E-state index is -0.508. The van der Waals surface area contributed by atoms with Crippen LogP contribution in [0.1, 0.15) is 50.7 Å². The standard InChI is InChI=1S/C15H21ClO2/c1-15(8-4-3-5-9-15)14(17)12-10-11(16)6-7-13(12)18-2/h6-7,10,14,17H,3-5,8-9H2,1-2H3. The first kappa shape index (κ1) is 13.7. The van der Waals surface area contributed by atoms with E-state index in [2.05, 4.69) is 6.92 Å². The molecule has 1 aliphatic rings. The lowest BCUT2D eigenvalue weighted by molar-refractivity contribution is 0.00671. The first-order valence-electron chi connectivity index (χ1n) is 6.58. The summed E-state index contributed by atoms with van der Waals surface area (Å²) >= 11 is 6.04. The Kier molecular flexibility index (Phi) is 4.18. The second-order valence-corrected chi connectivity index (χ2v) is 5.94. The van der Waals surface area contributed by atoms with Crippen molar-refractivity contribution >= 4 is 11.6 Å². The predicted octanol–water partition coefficient (Wildman–Crippen LogP) is 4.35. The van der Waals surface area contributed by atoms with E-state index in [9.17, 15) is 5.11 Å². The molecule has 1 aromatic carbocycles. The fraction of sp³-hybridized carbons (Fsp3) is 0.600. The SMILES string of the molecule is COc1ccc(Cl)cc1C(O)C1(C)CCCCC1. The average Bonchev–Trinajstić information content (AvgIpc) is 2.38. The molecule has 1 atom stereocenters. The highest BCUT2D eigenvalue weighted by Gasteiger charge is 2.36. The van der Waals surface area contributed by atoms with Crippen LogP contribution >= 0.6 is 11.6 Å². The van der Waals surface area contributed by atoms with Crippen molar-refractivity contribution in [2.24, 2.45) is 5.41 Å². The summed E-state index contributed by atoms with van der Waals surface area (Å²) in [5.41, 5.74) is 0.755. The lowest BCUT2D eigenvalue weighted by Gasteiger charge is -2.38. The number of aliphatic hydroxyl groups is 1. The third kappa shape index (κ3) is 2.65. The van der Waals surface area contributed by atoms with Crippen LogP contribution in [0.4, 0.5) is 0 Å². The van der Waals surface area contributed by atoms with Gasteiger partial charge in [0.25, 0.3) is 0 Å². The van der Waals surface area contributed by atoms with E-state index in [1.807, 2.05) is 12.1 Å². The van der Waals surface area contributed by atoms with Crippen LogP contribution in [0.3, 0.4) is 0 Å². The van der Waals surface area contributed by atoms with Crippen molar-refractivity contribution in [2.75, 3.05) is 7.11 Å². The summed E-state index contributed by atoms with van der Waals surface area (Å²) in [6.45, 7) is 2.16. The molecule has 2 nitrogen and oxygen atoms in total. The summed E-state index contributed by atoms with van der Waals surface area (Å²) in [4.78, 5) is 0. The first-order valence-corrected chi connectivity index (χ1v) is 6.96. The topological polar surface area (TPSA) is 29.5 Å². The van der Waals surface area contributed by atoms with Gasteiger partial charge in [-0.05, 0) is 36.5 Å². The number of halogens is 1. The lowest BCUT2D eigenvalue weighted by atomic mass is 9.70. The van der Waals surface area contributed by atoms with Crippen molar-refractivity contribution in [2.45, 2.75) is 45.1 Å².